The lowest BCUT2D eigenvalue weighted by molar-refractivity contribution is 0.225. The third-order valence-electron chi connectivity index (χ3n) is 4.19. The standard InChI is InChI=1S/C17H25BrFN/c1-16(2,3)20-11-17(4,13-6-7-13)10-12-5-8-14(18)9-15(12)19/h5,8-9,13,20H,6-7,10-11H2,1-4H3. The average molecular weight is 342 g/mol. The van der Waals surface area contributed by atoms with Gasteiger partial charge in [-0.1, -0.05) is 28.9 Å². The molecule has 1 aromatic rings. The first kappa shape index (κ1) is 16.0. The van der Waals surface area contributed by atoms with Crippen LogP contribution in [0.25, 0.3) is 0 Å². The molecule has 1 fully saturated rings. The van der Waals surface area contributed by atoms with E-state index in [0.29, 0.717) is 0 Å². The molecule has 0 heterocycles. The third-order valence-corrected chi connectivity index (χ3v) is 4.69. The fourth-order valence-electron chi connectivity index (χ4n) is 2.70. The minimum atomic E-state index is -0.0954. The number of nitrogens with one attached hydrogen (secondary N) is 1. The molecule has 0 spiro atoms. The molecule has 1 nitrogen and oxygen atoms in total. The predicted octanol–water partition coefficient (Wildman–Crippen LogP) is 4.94. The van der Waals surface area contributed by atoms with Gasteiger partial charge in [-0.2, -0.15) is 0 Å². The van der Waals surface area contributed by atoms with Gasteiger partial charge in [-0.25, -0.2) is 4.39 Å². The van der Waals surface area contributed by atoms with Crippen LogP contribution in [0.2, 0.25) is 0 Å². The van der Waals surface area contributed by atoms with E-state index in [1.165, 1.54) is 12.8 Å². The Labute approximate surface area is 130 Å². The number of halogens is 2. The topological polar surface area (TPSA) is 12.0 Å². The maximum absolute atomic E-state index is 14.1. The van der Waals surface area contributed by atoms with Gasteiger partial charge in [0, 0.05) is 16.6 Å². The lowest BCUT2D eigenvalue weighted by Crippen LogP contribution is -2.44. The average Bonchev–Trinajstić information content (AvgIpc) is 3.14. The van der Waals surface area contributed by atoms with Gasteiger partial charge in [-0.3, -0.25) is 0 Å². The van der Waals surface area contributed by atoms with Gasteiger partial charge in [-0.15, -0.1) is 0 Å². The van der Waals surface area contributed by atoms with Crippen molar-refractivity contribution in [1.29, 1.82) is 0 Å². The van der Waals surface area contributed by atoms with Crippen molar-refractivity contribution in [3.05, 3.63) is 34.1 Å². The van der Waals surface area contributed by atoms with E-state index in [1.807, 2.05) is 12.1 Å². The van der Waals surface area contributed by atoms with Crippen LogP contribution in [-0.4, -0.2) is 12.1 Å². The van der Waals surface area contributed by atoms with Crippen LogP contribution in [0.1, 0.15) is 46.1 Å². The smallest absolute Gasteiger partial charge is 0.127 e. The molecule has 0 aliphatic heterocycles. The molecule has 1 aliphatic rings. The summed E-state index contributed by atoms with van der Waals surface area (Å²) in [6, 6.07) is 5.42. The van der Waals surface area contributed by atoms with Gasteiger partial charge in [-0.05, 0) is 69.1 Å². The summed E-state index contributed by atoms with van der Waals surface area (Å²) in [5, 5.41) is 3.60. The number of hydrogen-bond donors (Lipinski definition) is 1. The van der Waals surface area contributed by atoms with Crippen molar-refractivity contribution in [2.75, 3.05) is 6.54 Å². The molecule has 1 saturated carbocycles. The van der Waals surface area contributed by atoms with Crippen molar-refractivity contribution in [2.45, 2.75) is 52.5 Å². The molecule has 20 heavy (non-hydrogen) atoms. The maximum Gasteiger partial charge on any atom is 0.127 e. The Bertz CT molecular complexity index is 476. The summed E-state index contributed by atoms with van der Waals surface area (Å²) in [4.78, 5) is 0. The zero-order chi connectivity index (χ0) is 15.0. The highest BCUT2D eigenvalue weighted by atomic mass is 79.9. The normalized spacial score (nSPS) is 18.9. The van der Waals surface area contributed by atoms with Crippen molar-refractivity contribution in [2.24, 2.45) is 11.3 Å². The Balaban J connectivity index is 2.12. The fourth-order valence-corrected chi connectivity index (χ4v) is 3.03. The second-order valence-electron chi connectivity index (χ2n) is 7.44. The maximum atomic E-state index is 14.1. The highest BCUT2D eigenvalue weighted by Gasteiger charge is 2.42. The summed E-state index contributed by atoms with van der Waals surface area (Å²) in [6.07, 6.45) is 3.36. The predicted molar refractivity (Wildman–Crippen MR) is 86.4 cm³/mol. The molecule has 0 bridgehead atoms. The van der Waals surface area contributed by atoms with Crippen LogP contribution in [0.4, 0.5) is 4.39 Å². The number of hydrogen-bond acceptors (Lipinski definition) is 1. The monoisotopic (exact) mass is 341 g/mol. The van der Waals surface area contributed by atoms with E-state index in [2.05, 4.69) is 48.9 Å². The Hall–Kier alpha value is -0.410. The van der Waals surface area contributed by atoms with E-state index >= 15 is 0 Å². The zero-order valence-corrected chi connectivity index (χ0v) is 14.5. The van der Waals surface area contributed by atoms with E-state index in [4.69, 9.17) is 0 Å². The van der Waals surface area contributed by atoms with Crippen LogP contribution in [-0.2, 0) is 6.42 Å². The molecular weight excluding hydrogens is 317 g/mol. The van der Waals surface area contributed by atoms with Crippen molar-refractivity contribution >= 4 is 15.9 Å². The third kappa shape index (κ3) is 4.29. The quantitative estimate of drug-likeness (QED) is 0.800. The van der Waals surface area contributed by atoms with E-state index in [9.17, 15) is 4.39 Å². The summed E-state index contributed by atoms with van der Waals surface area (Å²) in [7, 11) is 0. The summed E-state index contributed by atoms with van der Waals surface area (Å²) in [5.41, 5.74) is 1.08. The molecule has 112 valence electrons. The van der Waals surface area contributed by atoms with Crippen LogP contribution >= 0.6 is 15.9 Å². The minimum absolute atomic E-state index is 0.0954. The van der Waals surface area contributed by atoms with Gasteiger partial charge in [0.25, 0.3) is 0 Å². The van der Waals surface area contributed by atoms with Gasteiger partial charge < -0.3 is 5.32 Å². The first-order chi connectivity index (χ1) is 9.20. The Kier molecular flexibility index (Phi) is 4.60. The first-order valence-electron chi connectivity index (χ1n) is 7.39. The molecule has 3 heteroatoms. The second kappa shape index (κ2) is 5.76. The van der Waals surface area contributed by atoms with Crippen LogP contribution in [0.5, 0.6) is 0 Å². The van der Waals surface area contributed by atoms with Gasteiger partial charge >= 0.3 is 0 Å². The van der Waals surface area contributed by atoms with E-state index in [0.717, 1.165) is 28.9 Å². The molecule has 1 aromatic carbocycles. The molecule has 1 unspecified atom stereocenters. The number of benzene rings is 1. The highest BCUT2D eigenvalue weighted by Crippen LogP contribution is 2.47. The summed E-state index contributed by atoms with van der Waals surface area (Å²) < 4.78 is 14.9. The SMILES string of the molecule is CC(C)(C)NCC(C)(Cc1ccc(Br)cc1F)C1CC1. The number of rotatable bonds is 5. The van der Waals surface area contributed by atoms with Crippen LogP contribution in [0, 0.1) is 17.2 Å². The molecule has 1 atom stereocenters. The molecule has 1 aliphatic carbocycles. The molecule has 0 saturated heterocycles. The van der Waals surface area contributed by atoms with Crippen molar-refractivity contribution in [1.82, 2.24) is 5.32 Å². The van der Waals surface area contributed by atoms with E-state index < -0.39 is 0 Å². The minimum Gasteiger partial charge on any atom is -0.312 e. The summed E-state index contributed by atoms with van der Waals surface area (Å²) >= 11 is 3.32. The Morgan fingerprint density at radius 3 is 2.40 bits per heavy atom. The summed E-state index contributed by atoms with van der Waals surface area (Å²) in [5.74, 6) is 0.627. The largest absolute Gasteiger partial charge is 0.312 e. The zero-order valence-electron chi connectivity index (χ0n) is 12.9. The second-order valence-corrected chi connectivity index (χ2v) is 8.36. The van der Waals surface area contributed by atoms with Crippen LogP contribution < -0.4 is 5.32 Å². The molecule has 1 N–H and O–H groups in total. The summed E-state index contributed by atoms with van der Waals surface area (Å²) in [6.45, 7) is 9.78. The van der Waals surface area contributed by atoms with E-state index in [-0.39, 0.29) is 16.8 Å². The fraction of sp³-hybridized carbons (Fsp3) is 0.647. The van der Waals surface area contributed by atoms with E-state index in [1.54, 1.807) is 6.07 Å². The first-order valence-corrected chi connectivity index (χ1v) is 8.18. The molecular formula is C17H25BrFN. The molecule has 0 aromatic heterocycles. The lowest BCUT2D eigenvalue weighted by atomic mass is 9.78. The van der Waals surface area contributed by atoms with Gasteiger partial charge in [0.05, 0.1) is 0 Å². The molecule has 0 amide bonds. The van der Waals surface area contributed by atoms with Gasteiger partial charge in [0.1, 0.15) is 5.82 Å². The van der Waals surface area contributed by atoms with Crippen LogP contribution in [0.3, 0.4) is 0 Å². The van der Waals surface area contributed by atoms with Gasteiger partial charge in [0.15, 0.2) is 0 Å². The molecule has 0 radical (unpaired) electrons. The Morgan fingerprint density at radius 2 is 1.90 bits per heavy atom. The van der Waals surface area contributed by atoms with Gasteiger partial charge in [0.2, 0.25) is 0 Å². The van der Waals surface area contributed by atoms with Crippen molar-refractivity contribution in [3.63, 3.8) is 0 Å². The highest BCUT2D eigenvalue weighted by molar-refractivity contribution is 9.10. The van der Waals surface area contributed by atoms with Crippen molar-refractivity contribution in [3.8, 4) is 0 Å². The molecule has 2 rings (SSSR count). The Morgan fingerprint density at radius 1 is 1.25 bits per heavy atom. The lowest BCUT2D eigenvalue weighted by Gasteiger charge is -2.34. The van der Waals surface area contributed by atoms with Crippen LogP contribution in [0.15, 0.2) is 22.7 Å². The van der Waals surface area contributed by atoms with Crippen molar-refractivity contribution < 1.29 is 4.39 Å².